The maximum atomic E-state index is 7.42. The third-order valence-corrected chi connectivity index (χ3v) is 19.5. The van der Waals surface area contributed by atoms with E-state index in [1.807, 2.05) is 0 Å². The lowest BCUT2D eigenvalue weighted by atomic mass is 9.67. The zero-order valence-corrected chi connectivity index (χ0v) is 53.1. The molecule has 0 unspecified atom stereocenters. The van der Waals surface area contributed by atoms with Gasteiger partial charge in [0.15, 0.2) is 11.2 Å². The van der Waals surface area contributed by atoms with Gasteiger partial charge in [-0.15, -0.1) is 0 Å². The van der Waals surface area contributed by atoms with Crippen molar-refractivity contribution in [3.8, 4) is 33.4 Å². The second-order valence-electron chi connectivity index (χ2n) is 27.1. The SMILES string of the molecule is CC(C)(C)c1cccc2c1oc1c(N(c3cccc(-c4ccccc4)c3)c3cc4c(c5ccccc35)-c3c(cc(N(c5cccc(-c6ccccc6)c5)c5cccc6c5oc5c(C(C)(C)C)cccc56)c5ccccc35)C4(c3ccccc3)c3ccccc3)cccc12. The topological polar surface area (TPSA) is 32.8 Å². The van der Waals surface area contributed by atoms with Crippen molar-refractivity contribution >= 4 is 99.5 Å². The Morgan fingerprint density at radius 3 is 0.957 bits per heavy atom. The van der Waals surface area contributed by atoms with Gasteiger partial charge in [0.1, 0.15) is 11.2 Å². The zero-order chi connectivity index (χ0) is 62.7. The number of rotatable bonds is 10. The van der Waals surface area contributed by atoms with Crippen LogP contribution in [0.3, 0.4) is 0 Å². The first kappa shape index (κ1) is 55.8. The van der Waals surface area contributed by atoms with Crippen molar-refractivity contribution in [2.45, 2.75) is 57.8 Å². The van der Waals surface area contributed by atoms with Crippen LogP contribution in [0.15, 0.2) is 312 Å². The summed E-state index contributed by atoms with van der Waals surface area (Å²) in [5.74, 6) is 0. The van der Waals surface area contributed by atoms with Crippen LogP contribution in [0.5, 0.6) is 0 Å². The summed E-state index contributed by atoms with van der Waals surface area (Å²) in [4.78, 5) is 4.98. The number of benzene rings is 14. The molecular weight excluding hydrogens is 1130 g/mol. The minimum absolute atomic E-state index is 0.162. The van der Waals surface area contributed by atoms with Crippen molar-refractivity contribution in [1.29, 1.82) is 0 Å². The van der Waals surface area contributed by atoms with Gasteiger partial charge in [0.25, 0.3) is 0 Å². The monoisotopic (exact) mass is 1200 g/mol. The number of fused-ring (bicyclic) bond motifs is 13. The molecule has 0 saturated heterocycles. The molecule has 0 spiro atoms. The number of nitrogens with zero attached hydrogens (tertiary/aromatic N) is 2. The van der Waals surface area contributed by atoms with Crippen molar-refractivity contribution in [3.05, 3.63) is 337 Å². The highest BCUT2D eigenvalue weighted by atomic mass is 16.3. The molecule has 0 atom stereocenters. The minimum atomic E-state index is -0.889. The zero-order valence-electron chi connectivity index (χ0n) is 53.1. The smallest absolute Gasteiger partial charge is 0.159 e. The van der Waals surface area contributed by atoms with Crippen LogP contribution in [-0.4, -0.2) is 0 Å². The van der Waals surface area contributed by atoms with Crippen LogP contribution in [0.2, 0.25) is 0 Å². The molecule has 2 heterocycles. The van der Waals surface area contributed by atoms with E-state index in [1.165, 1.54) is 33.4 Å². The Morgan fingerprint density at radius 2 is 0.570 bits per heavy atom. The Kier molecular flexibility index (Phi) is 12.9. The maximum absolute atomic E-state index is 7.42. The standard InChI is InChI=1S/C89H68N2O2/c1-87(2,3)73-49-25-45-69-71-47-27-51-77(85(71)92-83(69)73)90(63-39-23-33-59(53-63)57-29-11-7-12-30-57)79-55-75-81(67-43-21-19-41-65(67)79)82-68-44-22-20-42-66(68)80(56-76(82)89(75,61-35-15-9-16-36-61)62-37-17-10-18-38-62)91(64-40-24-34-60(54-64)58-31-13-8-14-32-58)78-52-28-48-72-70-46-26-50-74(88(4,5)6)84(70)93-86(72)78/h7-56H,1-6H3. The molecule has 93 heavy (non-hydrogen) atoms. The molecule has 4 nitrogen and oxygen atoms in total. The van der Waals surface area contributed by atoms with Crippen molar-refractivity contribution in [1.82, 2.24) is 0 Å². The normalized spacial score (nSPS) is 12.9. The van der Waals surface area contributed by atoms with Gasteiger partial charge >= 0.3 is 0 Å². The Balaban J connectivity index is 1.01. The van der Waals surface area contributed by atoms with Gasteiger partial charge in [-0.2, -0.15) is 0 Å². The van der Waals surface area contributed by atoms with Gasteiger partial charge in [0, 0.05) is 54.8 Å². The summed E-state index contributed by atoms with van der Waals surface area (Å²) in [6, 6.07) is 112. The highest BCUT2D eigenvalue weighted by Crippen LogP contribution is 2.63. The third kappa shape index (κ3) is 8.80. The van der Waals surface area contributed by atoms with E-state index >= 15 is 0 Å². The van der Waals surface area contributed by atoms with Crippen LogP contribution in [0.1, 0.15) is 74.9 Å². The van der Waals surface area contributed by atoms with Gasteiger partial charge in [-0.1, -0.05) is 296 Å². The molecule has 2 aromatic heterocycles. The summed E-state index contributed by atoms with van der Waals surface area (Å²) in [7, 11) is 0. The molecule has 4 heteroatoms. The van der Waals surface area contributed by atoms with E-state index in [4.69, 9.17) is 8.83 Å². The van der Waals surface area contributed by atoms with Gasteiger partial charge in [-0.25, -0.2) is 0 Å². The third-order valence-electron chi connectivity index (χ3n) is 19.5. The van der Waals surface area contributed by atoms with Gasteiger partial charge < -0.3 is 18.6 Å². The second kappa shape index (κ2) is 21.5. The molecule has 17 rings (SSSR count). The Bertz CT molecular complexity index is 5240. The molecule has 446 valence electrons. The van der Waals surface area contributed by atoms with Crippen LogP contribution < -0.4 is 9.80 Å². The first-order valence-electron chi connectivity index (χ1n) is 32.5. The van der Waals surface area contributed by atoms with E-state index in [-0.39, 0.29) is 10.8 Å². The molecule has 0 radical (unpaired) electrons. The fourth-order valence-corrected chi connectivity index (χ4v) is 15.4. The number of hydrogen-bond acceptors (Lipinski definition) is 4. The summed E-state index contributed by atoms with van der Waals surface area (Å²) in [5, 5.41) is 8.90. The highest BCUT2D eigenvalue weighted by Gasteiger charge is 2.49. The lowest BCUT2D eigenvalue weighted by Crippen LogP contribution is -2.29. The number of anilines is 6. The van der Waals surface area contributed by atoms with E-state index in [9.17, 15) is 0 Å². The van der Waals surface area contributed by atoms with Gasteiger partial charge in [0.2, 0.25) is 0 Å². The molecular formula is C89H68N2O2. The van der Waals surface area contributed by atoms with Crippen LogP contribution in [-0.2, 0) is 16.2 Å². The summed E-state index contributed by atoms with van der Waals surface area (Å²) in [6.07, 6.45) is 0. The van der Waals surface area contributed by atoms with E-state index in [1.54, 1.807) is 0 Å². The fourth-order valence-electron chi connectivity index (χ4n) is 15.4. The van der Waals surface area contributed by atoms with Crippen LogP contribution in [0.4, 0.5) is 34.1 Å². The van der Waals surface area contributed by atoms with Gasteiger partial charge in [0.05, 0.1) is 28.2 Å². The molecule has 0 aliphatic heterocycles. The molecule has 0 bridgehead atoms. The quantitative estimate of drug-likeness (QED) is 0.137. The average molecular weight is 1200 g/mol. The van der Waals surface area contributed by atoms with Crippen molar-refractivity contribution in [2.24, 2.45) is 0 Å². The predicted molar refractivity (Wildman–Crippen MR) is 391 cm³/mol. The van der Waals surface area contributed by atoms with Crippen LogP contribution in [0, 0.1) is 0 Å². The second-order valence-corrected chi connectivity index (χ2v) is 27.1. The Hall–Kier alpha value is -11.2. The summed E-state index contributed by atoms with van der Waals surface area (Å²) >= 11 is 0. The van der Waals surface area contributed by atoms with E-state index < -0.39 is 5.41 Å². The lowest BCUT2D eigenvalue weighted by molar-refractivity contribution is 0.572. The average Bonchev–Trinajstić information content (AvgIpc) is 1.52. The highest BCUT2D eigenvalue weighted by molar-refractivity contribution is 6.21. The summed E-state index contributed by atoms with van der Waals surface area (Å²) in [5.41, 5.74) is 22.3. The molecule has 0 N–H and O–H groups in total. The lowest BCUT2D eigenvalue weighted by Gasteiger charge is -2.36. The molecule has 1 aliphatic carbocycles. The first-order valence-corrected chi connectivity index (χ1v) is 32.5. The molecule has 0 amide bonds. The van der Waals surface area contributed by atoms with E-state index in [2.05, 4.69) is 355 Å². The van der Waals surface area contributed by atoms with Gasteiger partial charge in [-0.05, 0) is 126 Å². The largest absolute Gasteiger partial charge is 0.454 e. The van der Waals surface area contributed by atoms with E-state index in [0.29, 0.717) is 0 Å². The summed E-state index contributed by atoms with van der Waals surface area (Å²) in [6.45, 7) is 13.6. The number of para-hydroxylation sites is 4. The fraction of sp³-hybridized carbons (Fsp3) is 0.101. The van der Waals surface area contributed by atoms with Crippen molar-refractivity contribution in [3.63, 3.8) is 0 Å². The van der Waals surface area contributed by atoms with Crippen molar-refractivity contribution < 1.29 is 8.83 Å². The molecule has 14 aromatic carbocycles. The van der Waals surface area contributed by atoms with Crippen LogP contribution >= 0.6 is 0 Å². The Morgan fingerprint density at radius 1 is 0.258 bits per heavy atom. The predicted octanol–water partition coefficient (Wildman–Crippen LogP) is 25.0. The van der Waals surface area contributed by atoms with Crippen LogP contribution in [0.25, 0.3) is 98.8 Å². The van der Waals surface area contributed by atoms with Gasteiger partial charge in [-0.3, -0.25) is 0 Å². The van der Waals surface area contributed by atoms with E-state index in [0.717, 1.165) is 133 Å². The first-order chi connectivity index (χ1) is 45.4. The Labute approximate surface area is 542 Å². The molecule has 0 fully saturated rings. The molecule has 16 aromatic rings. The molecule has 0 saturated carbocycles. The summed E-state index contributed by atoms with van der Waals surface area (Å²) < 4.78 is 14.8. The molecule has 1 aliphatic rings. The number of furan rings is 2. The maximum Gasteiger partial charge on any atom is 0.159 e. The van der Waals surface area contributed by atoms with Crippen molar-refractivity contribution in [2.75, 3.05) is 9.80 Å². The number of hydrogen-bond donors (Lipinski definition) is 0. The minimum Gasteiger partial charge on any atom is -0.454 e.